The second kappa shape index (κ2) is 3.65. The molecule has 1 aliphatic heterocycles. The Labute approximate surface area is 88.1 Å². The van der Waals surface area contributed by atoms with Gasteiger partial charge < -0.3 is 4.74 Å². The Morgan fingerprint density at radius 2 is 2.20 bits per heavy atom. The Kier molecular flexibility index (Phi) is 2.47. The summed E-state index contributed by atoms with van der Waals surface area (Å²) >= 11 is 0. The number of benzene rings is 1. The van der Waals surface area contributed by atoms with Gasteiger partial charge >= 0.3 is 0 Å². The SMILES string of the molecule is CC(C)Cc1c(F)ccc2c1C(=O)CO2. The topological polar surface area (TPSA) is 26.3 Å². The molecular weight excluding hydrogens is 195 g/mol. The number of carbonyl (C=O) groups is 1. The summed E-state index contributed by atoms with van der Waals surface area (Å²) in [5, 5.41) is 0. The van der Waals surface area contributed by atoms with Crippen LogP contribution in [0.2, 0.25) is 0 Å². The quantitative estimate of drug-likeness (QED) is 0.746. The number of carbonyl (C=O) groups excluding carboxylic acids is 1. The Balaban J connectivity index is 2.52. The van der Waals surface area contributed by atoms with Gasteiger partial charge in [0.1, 0.15) is 11.6 Å². The molecule has 0 radical (unpaired) electrons. The second-order valence-corrected chi connectivity index (χ2v) is 4.21. The lowest BCUT2D eigenvalue weighted by atomic mass is 9.95. The molecule has 0 saturated heterocycles. The molecule has 0 aliphatic carbocycles. The van der Waals surface area contributed by atoms with Crippen molar-refractivity contribution in [1.29, 1.82) is 0 Å². The van der Waals surface area contributed by atoms with Crippen molar-refractivity contribution in [3.05, 3.63) is 29.1 Å². The Bertz CT molecular complexity index is 410. The lowest BCUT2D eigenvalue weighted by Gasteiger charge is -2.09. The van der Waals surface area contributed by atoms with Gasteiger partial charge in [-0.25, -0.2) is 4.39 Å². The van der Waals surface area contributed by atoms with Crippen LogP contribution in [0.15, 0.2) is 12.1 Å². The number of hydrogen-bond donors (Lipinski definition) is 0. The van der Waals surface area contributed by atoms with E-state index in [2.05, 4.69) is 0 Å². The van der Waals surface area contributed by atoms with E-state index >= 15 is 0 Å². The smallest absolute Gasteiger partial charge is 0.204 e. The molecule has 2 nitrogen and oxygen atoms in total. The molecule has 2 rings (SSSR count). The predicted octanol–water partition coefficient (Wildman–Crippen LogP) is 2.60. The molecule has 80 valence electrons. The van der Waals surface area contributed by atoms with Gasteiger partial charge in [0, 0.05) is 5.56 Å². The van der Waals surface area contributed by atoms with Crippen molar-refractivity contribution >= 4 is 5.78 Å². The van der Waals surface area contributed by atoms with Crippen LogP contribution in [0.1, 0.15) is 29.8 Å². The van der Waals surface area contributed by atoms with Crippen molar-refractivity contribution in [2.75, 3.05) is 6.61 Å². The monoisotopic (exact) mass is 208 g/mol. The van der Waals surface area contributed by atoms with Gasteiger partial charge in [-0.15, -0.1) is 0 Å². The number of Topliss-reactive ketones (excluding diaryl/α,β-unsaturated/α-hetero) is 1. The van der Waals surface area contributed by atoms with Crippen LogP contribution in [0, 0.1) is 11.7 Å². The fraction of sp³-hybridized carbons (Fsp3) is 0.417. The van der Waals surface area contributed by atoms with Crippen LogP contribution in [0.5, 0.6) is 5.75 Å². The van der Waals surface area contributed by atoms with E-state index in [1.165, 1.54) is 12.1 Å². The van der Waals surface area contributed by atoms with E-state index < -0.39 is 0 Å². The van der Waals surface area contributed by atoms with E-state index in [0.717, 1.165) is 0 Å². The van der Waals surface area contributed by atoms with Crippen LogP contribution in [0.4, 0.5) is 4.39 Å². The lowest BCUT2D eigenvalue weighted by Crippen LogP contribution is -2.06. The standard InChI is InChI=1S/C12H13FO2/c1-7(2)5-8-9(13)3-4-11-12(8)10(14)6-15-11/h3-4,7H,5-6H2,1-2H3. The number of halogens is 1. The van der Waals surface area contributed by atoms with Gasteiger partial charge in [0.2, 0.25) is 5.78 Å². The number of ketones is 1. The molecule has 0 saturated carbocycles. The third-order valence-electron chi connectivity index (χ3n) is 2.47. The lowest BCUT2D eigenvalue weighted by molar-refractivity contribution is 0.0960. The zero-order valence-corrected chi connectivity index (χ0v) is 8.84. The summed E-state index contributed by atoms with van der Waals surface area (Å²) < 4.78 is 18.7. The average Bonchev–Trinajstić information content (AvgIpc) is 2.52. The van der Waals surface area contributed by atoms with Gasteiger partial charge in [-0.2, -0.15) is 0 Å². The van der Waals surface area contributed by atoms with Crippen LogP contribution in [0.25, 0.3) is 0 Å². The first-order chi connectivity index (χ1) is 7.09. The number of hydrogen-bond acceptors (Lipinski definition) is 2. The molecule has 0 spiro atoms. The highest BCUT2D eigenvalue weighted by Gasteiger charge is 2.26. The fourth-order valence-electron chi connectivity index (χ4n) is 1.85. The summed E-state index contributed by atoms with van der Waals surface area (Å²) in [5.74, 6) is 0.429. The molecule has 1 aliphatic rings. The summed E-state index contributed by atoms with van der Waals surface area (Å²) in [7, 11) is 0. The first-order valence-corrected chi connectivity index (χ1v) is 5.07. The van der Waals surface area contributed by atoms with Crippen LogP contribution < -0.4 is 4.74 Å². The van der Waals surface area contributed by atoms with E-state index in [-0.39, 0.29) is 18.2 Å². The van der Waals surface area contributed by atoms with Crippen LogP contribution >= 0.6 is 0 Å². The summed E-state index contributed by atoms with van der Waals surface area (Å²) in [6.07, 6.45) is 0.574. The minimum atomic E-state index is -0.304. The Morgan fingerprint density at radius 3 is 2.87 bits per heavy atom. The highest BCUT2D eigenvalue weighted by Crippen LogP contribution is 2.31. The van der Waals surface area contributed by atoms with Gasteiger partial charge in [0.05, 0.1) is 5.56 Å². The minimum absolute atomic E-state index is 0.0455. The number of ether oxygens (including phenoxy) is 1. The number of rotatable bonds is 2. The van der Waals surface area contributed by atoms with Gasteiger partial charge in [0.25, 0.3) is 0 Å². The molecule has 0 N–H and O–H groups in total. The summed E-state index contributed by atoms with van der Waals surface area (Å²) in [6.45, 7) is 4.04. The molecule has 3 heteroatoms. The van der Waals surface area contributed by atoms with Crippen molar-refractivity contribution in [2.45, 2.75) is 20.3 Å². The summed E-state index contributed by atoms with van der Waals surface area (Å²) in [6, 6.07) is 2.90. The first-order valence-electron chi connectivity index (χ1n) is 5.07. The Morgan fingerprint density at radius 1 is 1.47 bits per heavy atom. The van der Waals surface area contributed by atoms with Gasteiger partial charge in [0.15, 0.2) is 6.61 Å². The fourth-order valence-corrected chi connectivity index (χ4v) is 1.85. The normalized spacial score (nSPS) is 14.3. The highest BCUT2D eigenvalue weighted by atomic mass is 19.1. The third-order valence-corrected chi connectivity index (χ3v) is 2.47. The van der Waals surface area contributed by atoms with Crippen LogP contribution in [-0.4, -0.2) is 12.4 Å². The second-order valence-electron chi connectivity index (χ2n) is 4.21. The van der Waals surface area contributed by atoms with E-state index in [0.29, 0.717) is 29.2 Å². The van der Waals surface area contributed by atoms with Gasteiger partial charge in [-0.1, -0.05) is 13.8 Å². The largest absolute Gasteiger partial charge is 0.485 e. The molecule has 15 heavy (non-hydrogen) atoms. The van der Waals surface area contributed by atoms with Crippen molar-refractivity contribution in [3.63, 3.8) is 0 Å². The third kappa shape index (κ3) is 1.74. The average molecular weight is 208 g/mol. The van der Waals surface area contributed by atoms with Crippen molar-refractivity contribution < 1.29 is 13.9 Å². The van der Waals surface area contributed by atoms with Crippen molar-refractivity contribution in [1.82, 2.24) is 0 Å². The zero-order valence-electron chi connectivity index (χ0n) is 8.84. The van der Waals surface area contributed by atoms with Gasteiger partial charge in [-0.3, -0.25) is 4.79 Å². The summed E-state index contributed by atoms with van der Waals surface area (Å²) in [5.41, 5.74) is 0.953. The molecule has 1 heterocycles. The molecule has 0 aromatic heterocycles. The van der Waals surface area contributed by atoms with Gasteiger partial charge in [-0.05, 0) is 24.5 Å². The maximum Gasteiger partial charge on any atom is 0.204 e. The maximum absolute atomic E-state index is 13.6. The van der Waals surface area contributed by atoms with Crippen molar-refractivity contribution in [2.24, 2.45) is 5.92 Å². The molecule has 0 amide bonds. The first kappa shape index (κ1) is 10.1. The summed E-state index contributed by atoms with van der Waals surface area (Å²) in [4.78, 5) is 11.5. The van der Waals surface area contributed by atoms with E-state index in [1.54, 1.807) is 0 Å². The minimum Gasteiger partial charge on any atom is -0.485 e. The van der Waals surface area contributed by atoms with E-state index in [1.807, 2.05) is 13.8 Å². The van der Waals surface area contributed by atoms with Crippen molar-refractivity contribution in [3.8, 4) is 5.75 Å². The molecule has 0 atom stereocenters. The van der Waals surface area contributed by atoms with E-state index in [9.17, 15) is 9.18 Å². The Hall–Kier alpha value is -1.38. The maximum atomic E-state index is 13.6. The zero-order chi connectivity index (χ0) is 11.0. The molecule has 1 aromatic rings. The molecule has 0 fully saturated rings. The number of fused-ring (bicyclic) bond motifs is 1. The molecule has 0 unspecified atom stereocenters. The molecule has 0 bridgehead atoms. The van der Waals surface area contributed by atoms with Crippen LogP contribution in [-0.2, 0) is 6.42 Å². The predicted molar refractivity (Wildman–Crippen MR) is 54.8 cm³/mol. The van der Waals surface area contributed by atoms with Crippen LogP contribution in [0.3, 0.4) is 0 Å². The highest BCUT2D eigenvalue weighted by molar-refractivity contribution is 6.03. The molecule has 1 aromatic carbocycles. The van der Waals surface area contributed by atoms with E-state index in [4.69, 9.17) is 4.74 Å². The molecular formula is C12H13FO2.